The highest BCUT2D eigenvalue weighted by Gasteiger charge is 2.38. The van der Waals surface area contributed by atoms with Crippen molar-refractivity contribution in [2.75, 3.05) is 94.9 Å². The average Bonchev–Trinajstić information content (AvgIpc) is 4.08. The number of ether oxygens (including phenoxy) is 3. The topological polar surface area (TPSA) is 281 Å². The number of amides is 7. The van der Waals surface area contributed by atoms with Crippen LogP contribution in [-0.4, -0.2) is 162 Å². The number of H-pyrrole nitrogens is 1. The van der Waals surface area contributed by atoms with E-state index < -0.39 is 17.6 Å². The van der Waals surface area contributed by atoms with Crippen molar-refractivity contribution in [1.82, 2.24) is 50.9 Å². The van der Waals surface area contributed by atoms with Crippen LogP contribution in [0.4, 0.5) is 35.4 Å². The van der Waals surface area contributed by atoms with Gasteiger partial charge in [0, 0.05) is 80.5 Å². The summed E-state index contributed by atoms with van der Waals surface area (Å²) in [4.78, 5) is 93.5. The smallest absolute Gasteiger partial charge is 0.383 e. The highest BCUT2D eigenvalue weighted by molar-refractivity contribution is 6.06. The zero-order valence-corrected chi connectivity index (χ0v) is 43.5. The van der Waals surface area contributed by atoms with Gasteiger partial charge in [0.2, 0.25) is 17.7 Å². The van der Waals surface area contributed by atoms with Crippen molar-refractivity contribution in [3.05, 3.63) is 95.5 Å². The molecule has 0 spiro atoms. The van der Waals surface area contributed by atoms with Crippen molar-refractivity contribution >= 4 is 70.0 Å². The summed E-state index contributed by atoms with van der Waals surface area (Å²) in [5.74, 6) is -0.918. The van der Waals surface area contributed by atoms with Gasteiger partial charge in [-0.15, -0.1) is 0 Å². The van der Waals surface area contributed by atoms with E-state index in [1.807, 2.05) is 17.1 Å². The number of nitrogens with one attached hydrogen (secondary N) is 5. The monoisotopic (exact) mass is 1100 g/mol. The maximum absolute atomic E-state index is 13.5. The molecule has 0 radical (unpaired) electrons. The summed E-state index contributed by atoms with van der Waals surface area (Å²) in [7, 11) is 0. The number of carbonyl (C=O) groups excluding carboxylic acids is 6. The van der Waals surface area contributed by atoms with Crippen molar-refractivity contribution in [1.29, 1.82) is 0 Å². The number of nitrogens with two attached hydrogens (primary N) is 1. The number of hydrogen-bond donors (Lipinski definition) is 6. The van der Waals surface area contributed by atoms with E-state index in [1.54, 1.807) is 40.3 Å². The summed E-state index contributed by atoms with van der Waals surface area (Å²) >= 11 is 0. The Hall–Kier alpha value is -8.03. The van der Waals surface area contributed by atoms with Gasteiger partial charge in [-0.3, -0.25) is 34.4 Å². The highest BCUT2D eigenvalue weighted by atomic mass is 19.4. The van der Waals surface area contributed by atoms with Crippen molar-refractivity contribution in [2.24, 2.45) is 0 Å². The number of carbonyl (C=O) groups is 6. The molecule has 4 aromatic heterocycles. The summed E-state index contributed by atoms with van der Waals surface area (Å²) in [5.41, 5.74) is 8.39. The van der Waals surface area contributed by atoms with E-state index in [9.17, 15) is 41.9 Å². The minimum Gasteiger partial charge on any atom is -0.383 e. The Bertz CT molecular complexity index is 2950. The van der Waals surface area contributed by atoms with Gasteiger partial charge in [-0.05, 0) is 62.1 Å². The number of fused-ring (bicyclic) bond motifs is 1. The Labute approximate surface area is 453 Å². The third-order valence-electron chi connectivity index (χ3n) is 13.6. The highest BCUT2D eigenvalue weighted by Crippen LogP contribution is 2.33. The first-order chi connectivity index (χ1) is 38.2. The normalized spacial score (nSPS) is 15.3. The summed E-state index contributed by atoms with van der Waals surface area (Å²) in [6.07, 6.45) is 9.86. The number of aromatic amines is 1. The van der Waals surface area contributed by atoms with E-state index in [-0.39, 0.29) is 111 Å². The SMILES string of the molecule is Nc1ncc(/C=C/CCCN(CC(=O)NC2CCCCC2)C(=O)CCOCCOCCOCCNC(=O)c2ccc(N3CC(N4CCC(=O)NC4=O)C3)nc2)c2n[nH]c(-c3ccc(C(=O)Nc4cc(C(F)(F)F)ccn4)cc3)c12. The number of pyridine rings is 3. The molecule has 8 rings (SSSR count). The van der Waals surface area contributed by atoms with Crippen LogP contribution in [0.3, 0.4) is 0 Å². The quantitative estimate of drug-likeness (QED) is 0.0381. The lowest BCUT2D eigenvalue weighted by Crippen LogP contribution is -2.65. The second kappa shape index (κ2) is 27.5. The zero-order chi connectivity index (χ0) is 55.7. The number of rotatable bonds is 26. The summed E-state index contributed by atoms with van der Waals surface area (Å²) in [6.45, 7) is 3.68. The number of nitrogen functional groups attached to an aromatic ring is 1. The van der Waals surface area contributed by atoms with Crippen molar-refractivity contribution < 1.29 is 56.1 Å². The largest absolute Gasteiger partial charge is 0.416 e. The lowest BCUT2D eigenvalue weighted by atomic mass is 9.95. The van der Waals surface area contributed by atoms with Gasteiger partial charge in [0.15, 0.2) is 0 Å². The molecule has 79 heavy (non-hydrogen) atoms. The molecular formula is C54H64F3N13O9. The first-order valence-electron chi connectivity index (χ1n) is 26.3. The molecule has 1 aliphatic carbocycles. The van der Waals surface area contributed by atoms with Crippen LogP contribution in [-0.2, 0) is 34.8 Å². The number of unbranched alkanes of at least 4 members (excludes halogenated alkanes) is 1. The van der Waals surface area contributed by atoms with Crippen molar-refractivity contribution in [2.45, 2.75) is 76.0 Å². The van der Waals surface area contributed by atoms with Gasteiger partial charge < -0.3 is 50.6 Å². The minimum absolute atomic E-state index is 0.00248. The number of benzene rings is 1. The van der Waals surface area contributed by atoms with Crippen LogP contribution in [0.2, 0.25) is 0 Å². The average molecular weight is 1100 g/mol. The molecular weight excluding hydrogens is 1030 g/mol. The number of allylic oxidation sites excluding steroid dienone is 1. The van der Waals surface area contributed by atoms with Crippen LogP contribution < -0.4 is 31.9 Å². The fourth-order valence-corrected chi connectivity index (χ4v) is 9.31. The van der Waals surface area contributed by atoms with Gasteiger partial charge in [0.25, 0.3) is 11.8 Å². The second-order valence-electron chi connectivity index (χ2n) is 19.2. The van der Waals surface area contributed by atoms with E-state index in [2.05, 4.69) is 46.4 Å². The Kier molecular flexibility index (Phi) is 19.9. The fraction of sp³-hybridized carbons (Fsp3) is 0.444. The summed E-state index contributed by atoms with van der Waals surface area (Å²) < 4.78 is 56.4. The van der Waals surface area contributed by atoms with Crippen molar-refractivity contribution in [3.8, 4) is 11.3 Å². The van der Waals surface area contributed by atoms with Crippen LogP contribution in [0.1, 0.15) is 89.6 Å². The molecule has 25 heteroatoms. The molecule has 22 nitrogen and oxygen atoms in total. The van der Waals surface area contributed by atoms with Crippen LogP contribution in [0.5, 0.6) is 0 Å². The van der Waals surface area contributed by atoms with E-state index in [0.29, 0.717) is 91.3 Å². The maximum atomic E-state index is 13.5. The number of hydrogen-bond acceptors (Lipinski definition) is 15. The summed E-state index contributed by atoms with van der Waals surface area (Å²) in [5, 5.41) is 18.7. The van der Waals surface area contributed by atoms with Gasteiger partial charge in [-0.25, -0.2) is 19.7 Å². The first kappa shape index (κ1) is 57.2. The molecule has 3 aliphatic rings. The number of urea groups is 1. The van der Waals surface area contributed by atoms with Crippen LogP contribution in [0.25, 0.3) is 28.2 Å². The number of aromatic nitrogens is 5. The molecule has 2 aliphatic heterocycles. The molecule has 1 aromatic carbocycles. The van der Waals surface area contributed by atoms with E-state index >= 15 is 0 Å². The molecule has 1 saturated carbocycles. The van der Waals surface area contributed by atoms with E-state index in [4.69, 9.17) is 19.9 Å². The standard InChI is InChI=1S/C54H64F3N13O9/c55-54(56,57)39-16-19-59-42(29-39)64-52(75)36-12-10-35(11-13-36)48-47-49(67-66-48)37(30-62-50(47)58)7-3-2-6-21-68(34-45(72)63-40-8-4-1-5-9-40)46(73)18-23-77-25-27-79-28-26-78-24-20-60-51(74)38-14-15-43(61-31-38)69-32-41(33-69)70-22-17-44(71)65-53(70)76/h3,7,10-16,19,29-31,40-41H,1-2,4-6,8-9,17-18,20-28,32-34H2,(H2,58,62)(H,60,74)(H,63,72)(H,66,67)(H,59,64,75)(H,65,71,76)/b7-3+. The maximum Gasteiger partial charge on any atom is 0.416 e. The zero-order valence-electron chi connectivity index (χ0n) is 43.5. The number of nitrogens with zero attached hydrogens (tertiary/aromatic N) is 7. The molecule has 0 bridgehead atoms. The Balaban J connectivity index is 0.721. The van der Waals surface area contributed by atoms with Crippen LogP contribution in [0.15, 0.2) is 73.2 Å². The Morgan fingerprint density at radius 2 is 1.59 bits per heavy atom. The first-order valence-corrected chi connectivity index (χ1v) is 26.3. The van der Waals surface area contributed by atoms with Gasteiger partial charge in [-0.2, -0.15) is 18.3 Å². The summed E-state index contributed by atoms with van der Waals surface area (Å²) in [6, 6.07) is 11.1. The molecule has 7 N–H and O–H groups in total. The van der Waals surface area contributed by atoms with Gasteiger partial charge in [0.05, 0.1) is 80.9 Å². The van der Waals surface area contributed by atoms with Crippen LogP contribution in [0, 0.1) is 0 Å². The third-order valence-corrected chi connectivity index (χ3v) is 13.6. The van der Waals surface area contributed by atoms with Gasteiger partial charge >= 0.3 is 12.2 Å². The minimum atomic E-state index is -4.59. The lowest BCUT2D eigenvalue weighted by molar-refractivity contribution is -0.137. The van der Waals surface area contributed by atoms with Gasteiger partial charge in [-0.1, -0.05) is 43.5 Å². The second-order valence-corrected chi connectivity index (χ2v) is 19.2. The Morgan fingerprint density at radius 3 is 2.32 bits per heavy atom. The predicted octanol–water partition coefficient (Wildman–Crippen LogP) is 5.34. The third kappa shape index (κ3) is 16.0. The molecule has 5 aromatic rings. The molecule has 0 unspecified atom stereocenters. The number of anilines is 3. The fourth-order valence-electron chi connectivity index (χ4n) is 9.31. The molecule has 3 fully saturated rings. The molecule has 0 atom stereocenters. The van der Waals surface area contributed by atoms with Gasteiger partial charge in [0.1, 0.15) is 23.0 Å². The number of imide groups is 1. The number of alkyl halides is 3. The number of halogens is 3. The van der Waals surface area contributed by atoms with E-state index in [0.717, 1.165) is 50.4 Å². The predicted molar refractivity (Wildman–Crippen MR) is 285 cm³/mol. The Morgan fingerprint density at radius 1 is 0.861 bits per heavy atom. The van der Waals surface area contributed by atoms with Crippen molar-refractivity contribution in [3.63, 3.8) is 0 Å². The molecule has 2 saturated heterocycles. The van der Waals surface area contributed by atoms with Crippen LogP contribution >= 0.6 is 0 Å². The lowest BCUT2D eigenvalue weighted by Gasteiger charge is -2.46. The molecule has 6 heterocycles. The molecule has 420 valence electrons. The molecule has 7 amide bonds. The van der Waals surface area contributed by atoms with E-state index in [1.165, 1.54) is 18.3 Å².